The lowest BCUT2D eigenvalue weighted by molar-refractivity contribution is -0.137. The van der Waals surface area contributed by atoms with Crippen molar-refractivity contribution in [2.75, 3.05) is 0 Å². The molecular weight excluding hydrogens is 241 g/mol. The maximum atomic E-state index is 12.5. The van der Waals surface area contributed by atoms with Gasteiger partial charge in [-0.3, -0.25) is 4.68 Å². The normalized spacial score (nSPS) is 12.3. The summed E-state index contributed by atoms with van der Waals surface area (Å²) in [6.45, 7) is 2.41. The number of hydrogen-bond acceptors (Lipinski definition) is 1. The number of aryl methyl sites for hydroxylation is 1. The highest BCUT2D eigenvalue weighted by atomic mass is 35.5. The summed E-state index contributed by atoms with van der Waals surface area (Å²) in [7, 11) is 0. The van der Waals surface area contributed by atoms with E-state index >= 15 is 0 Å². The molecule has 1 aromatic heterocycles. The molecule has 16 heavy (non-hydrogen) atoms. The van der Waals surface area contributed by atoms with Crippen molar-refractivity contribution in [1.82, 2.24) is 9.78 Å². The molecule has 2 aromatic rings. The fourth-order valence-corrected chi connectivity index (χ4v) is 1.80. The predicted molar refractivity (Wildman–Crippen MR) is 55.4 cm³/mol. The molecule has 0 N–H and O–H groups in total. The Morgan fingerprint density at radius 3 is 2.62 bits per heavy atom. The van der Waals surface area contributed by atoms with Crippen LogP contribution in [0.25, 0.3) is 10.9 Å². The molecule has 6 heteroatoms. The van der Waals surface area contributed by atoms with Crippen molar-refractivity contribution in [2.45, 2.75) is 19.6 Å². The minimum Gasteiger partial charge on any atom is -0.264 e. The second-order valence-corrected chi connectivity index (χ2v) is 3.69. The van der Waals surface area contributed by atoms with Crippen LogP contribution < -0.4 is 0 Å². The molecule has 0 atom stereocenters. The minimum atomic E-state index is -4.36. The molecule has 86 valence electrons. The predicted octanol–water partition coefficient (Wildman–Crippen LogP) is 3.73. The SMILES string of the molecule is CCn1nc(Cl)c2cc(C(F)(F)F)ccc21. The highest BCUT2D eigenvalue weighted by molar-refractivity contribution is 6.34. The maximum absolute atomic E-state index is 12.5. The van der Waals surface area contributed by atoms with E-state index in [2.05, 4.69) is 5.10 Å². The van der Waals surface area contributed by atoms with Gasteiger partial charge in [-0.05, 0) is 25.1 Å². The van der Waals surface area contributed by atoms with Crippen molar-refractivity contribution < 1.29 is 13.2 Å². The van der Waals surface area contributed by atoms with Gasteiger partial charge in [0.25, 0.3) is 0 Å². The summed E-state index contributed by atoms with van der Waals surface area (Å²) < 4.78 is 39.0. The van der Waals surface area contributed by atoms with E-state index < -0.39 is 11.7 Å². The number of alkyl halides is 3. The number of nitrogens with zero attached hydrogens (tertiary/aromatic N) is 2. The highest BCUT2D eigenvalue weighted by Crippen LogP contribution is 2.33. The van der Waals surface area contributed by atoms with Crippen LogP contribution in [0.4, 0.5) is 13.2 Å². The van der Waals surface area contributed by atoms with Gasteiger partial charge in [0.15, 0.2) is 5.15 Å². The molecule has 0 aliphatic rings. The number of benzene rings is 1. The van der Waals surface area contributed by atoms with Crippen LogP contribution in [0.15, 0.2) is 18.2 Å². The van der Waals surface area contributed by atoms with Gasteiger partial charge in [0.1, 0.15) is 0 Å². The lowest BCUT2D eigenvalue weighted by Gasteiger charge is -2.06. The van der Waals surface area contributed by atoms with Gasteiger partial charge in [0.2, 0.25) is 0 Å². The Kier molecular flexibility index (Phi) is 2.58. The number of fused-ring (bicyclic) bond motifs is 1. The topological polar surface area (TPSA) is 17.8 Å². The Bertz CT molecular complexity index is 531. The van der Waals surface area contributed by atoms with E-state index in [0.29, 0.717) is 17.4 Å². The van der Waals surface area contributed by atoms with Gasteiger partial charge < -0.3 is 0 Å². The Morgan fingerprint density at radius 2 is 2.06 bits per heavy atom. The zero-order valence-corrected chi connectivity index (χ0v) is 9.10. The molecule has 0 fully saturated rings. The first-order valence-corrected chi connectivity index (χ1v) is 5.04. The van der Waals surface area contributed by atoms with E-state index in [1.807, 2.05) is 6.92 Å². The van der Waals surface area contributed by atoms with Crippen molar-refractivity contribution in [3.63, 3.8) is 0 Å². The molecule has 0 radical (unpaired) electrons. The second-order valence-electron chi connectivity index (χ2n) is 3.34. The van der Waals surface area contributed by atoms with Crippen LogP contribution in [0.3, 0.4) is 0 Å². The Morgan fingerprint density at radius 1 is 1.38 bits per heavy atom. The number of aromatic nitrogens is 2. The summed E-state index contributed by atoms with van der Waals surface area (Å²) in [6, 6.07) is 3.45. The van der Waals surface area contributed by atoms with E-state index in [0.717, 1.165) is 12.1 Å². The first-order valence-electron chi connectivity index (χ1n) is 4.66. The quantitative estimate of drug-likeness (QED) is 0.752. The molecular formula is C10H8ClF3N2. The number of hydrogen-bond donors (Lipinski definition) is 0. The Balaban J connectivity index is 2.67. The largest absolute Gasteiger partial charge is 0.416 e. The molecule has 0 saturated carbocycles. The van der Waals surface area contributed by atoms with Crippen LogP contribution >= 0.6 is 11.6 Å². The second kappa shape index (κ2) is 3.66. The van der Waals surface area contributed by atoms with Crippen LogP contribution in [0.2, 0.25) is 5.15 Å². The lowest BCUT2D eigenvalue weighted by Crippen LogP contribution is -2.04. The fourth-order valence-electron chi connectivity index (χ4n) is 1.56. The first kappa shape index (κ1) is 11.3. The molecule has 0 amide bonds. The van der Waals surface area contributed by atoms with E-state index in [1.54, 1.807) is 4.68 Å². The van der Waals surface area contributed by atoms with Gasteiger partial charge in [0.05, 0.1) is 11.1 Å². The Labute approximate surface area is 94.6 Å². The van der Waals surface area contributed by atoms with E-state index in [1.165, 1.54) is 6.07 Å². The first-order chi connectivity index (χ1) is 7.43. The highest BCUT2D eigenvalue weighted by Gasteiger charge is 2.31. The van der Waals surface area contributed by atoms with Crippen molar-refractivity contribution in [3.8, 4) is 0 Å². The summed E-state index contributed by atoms with van der Waals surface area (Å²) in [5.41, 5.74) is -0.0990. The smallest absolute Gasteiger partial charge is 0.264 e. The average molecular weight is 249 g/mol. The molecule has 2 nitrogen and oxygen atoms in total. The van der Waals surface area contributed by atoms with Gasteiger partial charge in [0, 0.05) is 11.9 Å². The molecule has 1 aromatic carbocycles. The third kappa shape index (κ3) is 1.75. The molecule has 0 aliphatic heterocycles. The molecule has 0 saturated heterocycles. The van der Waals surface area contributed by atoms with Crippen molar-refractivity contribution in [3.05, 3.63) is 28.9 Å². The molecule has 2 rings (SSSR count). The van der Waals surface area contributed by atoms with Gasteiger partial charge in [-0.25, -0.2) is 0 Å². The third-order valence-electron chi connectivity index (χ3n) is 2.33. The Hall–Kier alpha value is -1.23. The summed E-state index contributed by atoms with van der Waals surface area (Å²) in [5, 5.41) is 4.38. The molecule has 0 spiro atoms. The van der Waals surface area contributed by atoms with Gasteiger partial charge in [-0.1, -0.05) is 11.6 Å². The van der Waals surface area contributed by atoms with Crippen LogP contribution in [0.1, 0.15) is 12.5 Å². The van der Waals surface area contributed by atoms with Crippen LogP contribution in [0, 0.1) is 0 Å². The van der Waals surface area contributed by atoms with Crippen molar-refractivity contribution in [2.24, 2.45) is 0 Å². The van der Waals surface area contributed by atoms with Crippen molar-refractivity contribution >= 4 is 22.5 Å². The zero-order valence-electron chi connectivity index (χ0n) is 8.35. The fraction of sp³-hybridized carbons (Fsp3) is 0.300. The molecule has 0 unspecified atom stereocenters. The summed E-state index contributed by atoms with van der Waals surface area (Å²) in [4.78, 5) is 0. The van der Waals surface area contributed by atoms with Gasteiger partial charge >= 0.3 is 6.18 Å². The van der Waals surface area contributed by atoms with Crippen LogP contribution in [-0.2, 0) is 12.7 Å². The summed E-state index contributed by atoms with van der Waals surface area (Å²) >= 11 is 5.78. The number of halogens is 4. The maximum Gasteiger partial charge on any atom is 0.416 e. The zero-order chi connectivity index (χ0) is 11.9. The minimum absolute atomic E-state index is 0.1000. The molecule has 0 bridgehead atoms. The average Bonchev–Trinajstić information content (AvgIpc) is 2.54. The van der Waals surface area contributed by atoms with E-state index in [9.17, 15) is 13.2 Å². The van der Waals surface area contributed by atoms with E-state index in [-0.39, 0.29) is 5.15 Å². The standard InChI is InChI=1S/C10H8ClF3N2/c1-2-16-8-4-3-6(10(12,13)14)5-7(8)9(11)15-16/h3-5H,2H2,1H3. The van der Waals surface area contributed by atoms with E-state index in [4.69, 9.17) is 11.6 Å². The summed E-state index contributed by atoms with van der Waals surface area (Å²) in [6.07, 6.45) is -4.36. The molecule has 1 heterocycles. The summed E-state index contributed by atoms with van der Waals surface area (Å²) in [5.74, 6) is 0. The van der Waals surface area contributed by atoms with Gasteiger partial charge in [-0.15, -0.1) is 0 Å². The van der Waals surface area contributed by atoms with Crippen LogP contribution in [0.5, 0.6) is 0 Å². The third-order valence-corrected chi connectivity index (χ3v) is 2.61. The lowest BCUT2D eigenvalue weighted by atomic mass is 10.1. The number of rotatable bonds is 1. The van der Waals surface area contributed by atoms with Crippen LogP contribution in [-0.4, -0.2) is 9.78 Å². The molecule has 0 aliphatic carbocycles. The monoisotopic (exact) mass is 248 g/mol. The van der Waals surface area contributed by atoms with Gasteiger partial charge in [-0.2, -0.15) is 18.3 Å². The van der Waals surface area contributed by atoms with Crippen molar-refractivity contribution in [1.29, 1.82) is 0 Å².